The summed E-state index contributed by atoms with van der Waals surface area (Å²) >= 11 is 1.57. The number of fused-ring (bicyclic) bond motifs is 1. The maximum absolute atomic E-state index is 11.7. The van der Waals surface area contributed by atoms with E-state index in [1.807, 2.05) is 72.1 Å². The molecule has 4 rings (SSSR count). The number of esters is 1. The first kappa shape index (κ1) is 17.9. The zero-order valence-corrected chi connectivity index (χ0v) is 16.0. The second-order valence-corrected chi connectivity index (χ2v) is 6.93. The van der Waals surface area contributed by atoms with E-state index < -0.39 is 5.97 Å². The largest absolute Gasteiger partial charge is 0.466 e. The molecule has 3 aromatic rings. The van der Waals surface area contributed by atoms with E-state index in [0.717, 1.165) is 27.3 Å². The fourth-order valence-electron chi connectivity index (χ4n) is 2.89. The van der Waals surface area contributed by atoms with Gasteiger partial charge in [0.1, 0.15) is 5.76 Å². The summed E-state index contributed by atoms with van der Waals surface area (Å²) in [7, 11) is 1.36. The molecule has 0 unspecified atom stereocenters. The van der Waals surface area contributed by atoms with Gasteiger partial charge >= 0.3 is 5.97 Å². The number of allylic oxidation sites excluding steroid dienone is 2. The third-order valence-electron chi connectivity index (χ3n) is 4.22. The molecule has 0 bridgehead atoms. The van der Waals surface area contributed by atoms with Crippen LogP contribution in [0.3, 0.4) is 0 Å². The fraction of sp³-hybridized carbons (Fsp3) is 0.0435. The Hall–Kier alpha value is -3.44. The molecule has 0 saturated carbocycles. The maximum atomic E-state index is 11.7. The van der Waals surface area contributed by atoms with Crippen LogP contribution in [-0.2, 0) is 14.3 Å². The Bertz CT molecular complexity index is 1080. The van der Waals surface area contributed by atoms with Gasteiger partial charge in [-0.05, 0) is 35.2 Å². The minimum atomic E-state index is -0.426. The molecule has 1 aliphatic rings. The first-order valence-corrected chi connectivity index (χ1v) is 9.60. The predicted octanol–water partition coefficient (Wildman–Crippen LogP) is 5.45. The highest BCUT2D eigenvalue weighted by Crippen LogP contribution is 2.38. The van der Waals surface area contributed by atoms with E-state index in [1.165, 1.54) is 13.2 Å². The standard InChI is InChI=1S/C23H17NO3S/c1-26-21(25)14-13-17(16-8-3-2-4-9-16)22-18-10-5-6-11-19(18)24-23(27-22)20-12-7-15-28-20/h2-15H,1H3/b14-13+,22-17-. The van der Waals surface area contributed by atoms with Gasteiger partial charge in [-0.1, -0.05) is 48.5 Å². The zero-order valence-electron chi connectivity index (χ0n) is 15.2. The lowest BCUT2D eigenvalue weighted by molar-refractivity contribution is -0.134. The second-order valence-electron chi connectivity index (χ2n) is 5.98. The molecule has 0 atom stereocenters. The molecule has 2 aromatic carbocycles. The van der Waals surface area contributed by atoms with Crippen LogP contribution in [0.15, 0.2) is 89.3 Å². The summed E-state index contributed by atoms with van der Waals surface area (Å²) in [5.74, 6) is 0.772. The van der Waals surface area contributed by atoms with E-state index in [4.69, 9.17) is 9.47 Å². The summed E-state index contributed by atoms with van der Waals surface area (Å²) in [5, 5.41) is 1.99. The molecule has 0 radical (unpaired) electrons. The number of hydrogen-bond donors (Lipinski definition) is 0. The summed E-state index contributed by atoms with van der Waals surface area (Å²) in [4.78, 5) is 17.4. The Labute approximate surface area is 167 Å². The first-order valence-electron chi connectivity index (χ1n) is 8.72. The normalized spacial score (nSPS) is 14.8. The van der Waals surface area contributed by atoms with Crippen LogP contribution in [0, 0.1) is 0 Å². The van der Waals surface area contributed by atoms with Crippen molar-refractivity contribution in [1.29, 1.82) is 0 Å². The minimum absolute atomic E-state index is 0.426. The zero-order chi connectivity index (χ0) is 19.3. The Morgan fingerprint density at radius 2 is 1.79 bits per heavy atom. The lowest BCUT2D eigenvalue weighted by atomic mass is 9.98. The summed E-state index contributed by atoms with van der Waals surface area (Å²) in [6.45, 7) is 0. The number of carbonyl (C=O) groups is 1. The second kappa shape index (κ2) is 8.06. The SMILES string of the molecule is COC(=O)/C=C/C(=C1/OC(c2cccs2)=Nc2ccccc21)c1ccccc1. The Balaban J connectivity index is 1.92. The van der Waals surface area contributed by atoms with Crippen molar-refractivity contribution in [2.45, 2.75) is 0 Å². The number of benzene rings is 2. The number of hydrogen-bond acceptors (Lipinski definition) is 5. The molecule has 138 valence electrons. The van der Waals surface area contributed by atoms with Gasteiger partial charge in [-0.3, -0.25) is 0 Å². The van der Waals surface area contributed by atoms with E-state index in [9.17, 15) is 4.79 Å². The molecular formula is C23H17NO3S. The summed E-state index contributed by atoms with van der Waals surface area (Å²) in [6.07, 6.45) is 3.13. The fourth-order valence-corrected chi connectivity index (χ4v) is 3.54. The van der Waals surface area contributed by atoms with Gasteiger partial charge < -0.3 is 9.47 Å². The summed E-state index contributed by atoms with van der Waals surface area (Å²) in [5.41, 5.74) is 3.41. The highest BCUT2D eigenvalue weighted by atomic mass is 32.1. The van der Waals surface area contributed by atoms with Crippen molar-refractivity contribution in [3.8, 4) is 0 Å². The molecule has 1 aliphatic heterocycles. The quantitative estimate of drug-likeness (QED) is 0.441. The van der Waals surface area contributed by atoms with Crippen LogP contribution in [-0.4, -0.2) is 19.0 Å². The molecular weight excluding hydrogens is 370 g/mol. The van der Waals surface area contributed by atoms with E-state index in [0.29, 0.717) is 11.7 Å². The lowest BCUT2D eigenvalue weighted by Gasteiger charge is -2.21. The van der Waals surface area contributed by atoms with Crippen molar-refractivity contribution in [3.63, 3.8) is 0 Å². The maximum Gasteiger partial charge on any atom is 0.330 e. The van der Waals surface area contributed by atoms with E-state index in [1.54, 1.807) is 17.4 Å². The van der Waals surface area contributed by atoms with Gasteiger partial charge in [-0.25, -0.2) is 9.79 Å². The monoisotopic (exact) mass is 387 g/mol. The average Bonchev–Trinajstić information content (AvgIpc) is 3.29. The molecule has 0 aliphatic carbocycles. The van der Waals surface area contributed by atoms with Gasteiger partial charge in [0.05, 0.1) is 17.7 Å². The Morgan fingerprint density at radius 3 is 2.54 bits per heavy atom. The van der Waals surface area contributed by atoms with Gasteiger partial charge in [0.25, 0.3) is 0 Å². The van der Waals surface area contributed by atoms with Crippen molar-refractivity contribution >= 4 is 40.2 Å². The topological polar surface area (TPSA) is 47.9 Å². The molecule has 0 amide bonds. The molecule has 28 heavy (non-hydrogen) atoms. The van der Waals surface area contributed by atoms with E-state index in [2.05, 4.69) is 4.99 Å². The Kier molecular flexibility index (Phi) is 5.17. The lowest BCUT2D eigenvalue weighted by Crippen LogP contribution is -2.10. The van der Waals surface area contributed by atoms with Crippen LogP contribution < -0.4 is 0 Å². The number of rotatable bonds is 4. The third kappa shape index (κ3) is 3.66. The van der Waals surface area contributed by atoms with Crippen LogP contribution >= 0.6 is 11.3 Å². The first-order chi connectivity index (χ1) is 13.8. The molecule has 0 N–H and O–H groups in total. The molecule has 4 nitrogen and oxygen atoms in total. The van der Waals surface area contributed by atoms with Gasteiger partial charge in [0.15, 0.2) is 0 Å². The highest BCUT2D eigenvalue weighted by Gasteiger charge is 2.23. The molecule has 0 fully saturated rings. The van der Waals surface area contributed by atoms with Crippen LogP contribution in [0.2, 0.25) is 0 Å². The van der Waals surface area contributed by atoms with Crippen molar-refractivity contribution in [1.82, 2.24) is 0 Å². The van der Waals surface area contributed by atoms with Gasteiger partial charge in [-0.2, -0.15) is 0 Å². The van der Waals surface area contributed by atoms with Crippen molar-refractivity contribution < 1.29 is 14.3 Å². The van der Waals surface area contributed by atoms with Crippen LogP contribution in [0.25, 0.3) is 11.3 Å². The molecule has 1 aromatic heterocycles. The molecule has 2 heterocycles. The van der Waals surface area contributed by atoms with Gasteiger partial charge in [0, 0.05) is 17.2 Å². The van der Waals surface area contributed by atoms with Gasteiger partial charge in [-0.15, -0.1) is 11.3 Å². The highest BCUT2D eigenvalue weighted by molar-refractivity contribution is 7.12. The van der Waals surface area contributed by atoms with Crippen LogP contribution in [0.5, 0.6) is 0 Å². The average molecular weight is 387 g/mol. The number of aliphatic imine (C=N–C) groups is 1. The van der Waals surface area contributed by atoms with Crippen LogP contribution in [0.4, 0.5) is 5.69 Å². The van der Waals surface area contributed by atoms with Crippen molar-refractivity contribution in [3.05, 3.63) is 100 Å². The molecule has 0 saturated heterocycles. The number of ether oxygens (including phenoxy) is 2. The van der Waals surface area contributed by atoms with Crippen molar-refractivity contribution in [2.24, 2.45) is 4.99 Å². The van der Waals surface area contributed by atoms with Crippen LogP contribution in [0.1, 0.15) is 16.0 Å². The van der Waals surface area contributed by atoms with Crippen molar-refractivity contribution in [2.75, 3.05) is 7.11 Å². The number of methoxy groups -OCH3 is 1. The number of carbonyl (C=O) groups excluding carboxylic acids is 1. The van der Waals surface area contributed by atoms with E-state index >= 15 is 0 Å². The van der Waals surface area contributed by atoms with E-state index in [-0.39, 0.29) is 0 Å². The summed E-state index contributed by atoms with van der Waals surface area (Å²) in [6, 6.07) is 21.6. The minimum Gasteiger partial charge on any atom is -0.466 e. The smallest absolute Gasteiger partial charge is 0.330 e. The Morgan fingerprint density at radius 1 is 1.00 bits per heavy atom. The number of nitrogens with zero attached hydrogens (tertiary/aromatic N) is 1. The molecule has 5 heteroatoms. The predicted molar refractivity (Wildman–Crippen MR) is 112 cm³/mol. The number of para-hydroxylation sites is 1. The molecule has 0 spiro atoms. The summed E-state index contributed by atoms with van der Waals surface area (Å²) < 4.78 is 11.0. The number of thiophene rings is 1. The van der Waals surface area contributed by atoms with Gasteiger partial charge in [0.2, 0.25) is 5.90 Å². The third-order valence-corrected chi connectivity index (χ3v) is 5.08.